The summed E-state index contributed by atoms with van der Waals surface area (Å²) in [6.45, 7) is 0.165. The van der Waals surface area contributed by atoms with E-state index in [2.05, 4.69) is 22.1 Å². The van der Waals surface area contributed by atoms with Gasteiger partial charge in [0.1, 0.15) is 18.2 Å². The lowest BCUT2D eigenvalue weighted by Gasteiger charge is -2.36. The molecule has 1 aromatic heterocycles. The molecule has 0 N–H and O–H groups in total. The molecule has 32 heavy (non-hydrogen) atoms. The van der Waals surface area contributed by atoms with Gasteiger partial charge < -0.3 is 4.90 Å². The highest BCUT2D eigenvalue weighted by Gasteiger charge is 2.35. The van der Waals surface area contributed by atoms with Gasteiger partial charge in [0.2, 0.25) is 5.91 Å². The van der Waals surface area contributed by atoms with E-state index < -0.39 is 0 Å². The molecular formula is C24H24ClN5O2. The molecule has 8 heteroatoms. The molecular weight excluding hydrogens is 426 g/mol. The third-order valence-electron chi connectivity index (χ3n) is 5.35. The fourth-order valence-corrected chi connectivity index (χ4v) is 3.79. The van der Waals surface area contributed by atoms with Gasteiger partial charge in [-0.2, -0.15) is 0 Å². The highest BCUT2D eigenvalue weighted by Crippen LogP contribution is 2.33. The third-order valence-corrected chi connectivity index (χ3v) is 5.67. The summed E-state index contributed by atoms with van der Waals surface area (Å²) in [5.41, 5.74) is 2.54. The van der Waals surface area contributed by atoms with Crippen LogP contribution in [0.4, 0.5) is 16.3 Å². The smallest absolute Gasteiger partial charge is 0.331 e. The van der Waals surface area contributed by atoms with Crippen LogP contribution in [0.25, 0.3) is 0 Å². The van der Waals surface area contributed by atoms with Crippen LogP contribution in [0, 0.1) is 0 Å². The summed E-state index contributed by atoms with van der Waals surface area (Å²) in [7, 11) is 3.32. The molecule has 0 spiro atoms. The maximum atomic E-state index is 13.5. The van der Waals surface area contributed by atoms with Crippen molar-refractivity contribution in [1.29, 1.82) is 0 Å². The van der Waals surface area contributed by atoms with E-state index in [1.807, 2.05) is 30.3 Å². The molecule has 0 aliphatic carbocycles. The minimum atomic E-state index is -0.339. The van der Waals surface area contributed by atoms with Gasteiger partial charge in [-0.15, -0.1) is 0 Å². The number of aryl methyl sites for hydroxylation is 2. The summed E-state index contributed by atoms with van der Waals surface area (Å²) in [5, 5.41) is 0.462. The van der Waals surface area contributed by atoms with Gasteiger partial charge >= 0.3 is 6.03 Å². The monoisotopic (exact) mass is 449 g/mol. The molecule has 3 aromatic rings. The molecule has 0 bridgehead atoms. The molecule has 2 aromatic carbocycles. The third kappa shape index (κ3) is 4.57. The molecule has 0 saturated heterocycles. The van der Waals surface area contributed by atoms with E-state index in [0.29, 0.717) is 28.8 Å². The van der Waals surface area contributed by atoms with Gasteiger partial charge in [-0.05, 0) is 24.1 Å². The molecule has 7 nitrogen and oxygen atoms in total. The van der Waals surface area contributed by atoms with Gasteiger partial charge in [-0.1, -0.05) is 54.1 Å². The number of hydrogen-bond acceptors (Lipinski definition) is 4. The van der Waals surface area contributed by atoms with Crippen LogP contribution in [-0.2, 0) is 24.2 Å². The van der Waals surface area contributed by atoms with Crippen molar-refractivity contribution in [2.75, 3.05) is 30.4 Å². The van der Waals surface area contributed by atoms with Crippen LogP contribution in [0.5, 0.6) is 0 Å². The molecule has 4 rings (SSSR count). The largest absolute Gasteiger partial charge is 0.347 e. The van der Waals surface area contributed by atoms with E-state index in [1.165, 1.54) is 15.4 Å². The zero-order chi connectivity index (χ0) is 22.7. The number of anilines is 2. The summed E-state index contributed by atoms with van der Waals surface area (Å²) < 4.78 is 0. The Balaban J connectivity index is 1.67. The van der Waals surface area contributed by atoms with Crippen molar-refractivity contribution >= 4 is 35.0 Å². The van der Waals surface area contributed by atoms with Gasteiger partial charge in [0.05, 0.1) is 17.3 Å². The Bertz CT molecular complexity index is 1140. The maximum absolute atomic E-state index is 13.5. The second-order valence-electron chi connectivity index (χ2n) is 7.82. The number of carbonyl (C=O) groups is 2. The summed E-state index contributed by atoms with van der Waals surface area (Å²) in [5.74, 6) is 0.912. The number of nitrogens with zero attached hydrogens (tertiary/aromatic N) is 5. The Morgan fingerprint density at radius 2 is 1.78 bits per heavy atom. The fraction of sp³-hybridized carbons (Fsp3) is 0.250. The van der Waals surface area contributed by atoms with E-state index in [1.54, 1.807) is 37.3 Å². The van der Waals surface area contributed by atoms with Crippen LogP contribution in [0.1, 0.15) is 17.0 Å². The number of hydrogen-bond donors (Lipinski definition) is 0. The summed E-state index contributed by atoms with van der Waals surface area (Å²) in [4.78, 5) is 39.6. The molecule has 2 heterocycles. The number of fused-ring (bicyclic) bond motifs is 1. The van der Waals surface area contributed by atoms with Crippen molar-refractivity contribution in [3.8, 4) is 0 Å². The van der Waals surface area contributed by atoms with Crippen molar-refractivity contribution in [1.82, 2.24) is 14.9 Å². The van der Waals surface area contributed by atoms with E-state index in [-0.39, 0.29) is 25.0 Å². The number of aromatic nitrogens is 2. The Morgan fingerprint density at radius 1 is 1.06 bits per heavy atom. The van der Waals surface area contributed by atoms with Gasteiger partial charge in [0.15, 0.2) is 0 Å². The lowest BCUT2D eigenvalue weighted by atomic mass is 10.1. The number of halogens is 1. The van der Waals surface area contributed by atoms with Crippen molar-refractivity contribution in [3.05, 3.63) is 82.8 Å². The molecule has 1 aliphatic heterocycles. The maximum Gasteiger partial charge on any atom is 0.331 e. The van der Waals surface area contributed by atoms with E-state index in [9.17, 15) is 9.59 Å². The van der Waals surface area contributed by atoms with E-state index >= 15 is 0 Å². The van der Waals surface area contributed by atoms with Gasteiger partial charge in [-0.25, -0.2) is 14.8 Å². The predicted octanol–water partition coefficient (Wildman–Crippen LogP) is 3.95. The van der Waals surface area contributed by atoms with Crippen LogP contribution >= 0.6 is 11.6 Å². The Kier molecular flexibility index (Phi) is 6.37. The quantitative estimate of drug-likeness (QED) is 0.571. The Morgan fingerprint density at radius 3 is 2.50 bits per heavy atom. The average molecular weight is 450 g/mol. The molecule has 1 aliphatic rings. The van der Waals surface area contributed by atoms with Crippen molar-refractivity contribution in [2.24, 2.45) is 0 Å². The van der Waals surface area contributed by atoms with Crippen LogP contribution < -0.4 is 9.80 Å². The van der Waals surface area contributed by atoms with Crippen LogP contribution in [0.2, 0.25) is 5.02 Å². The second-order valence-corrected chi connectivity index (χ2v) is 8.22. The number of amides is 3. The molecule has 3 amide bonds. The lowest BCUT2D eigenvalue weighted by Crippen LogP contribution is -2.51. The van der Waals surface area contributed by atoms with Crippen molar-refractivity contribution < 1.29 is 9.59 Å². The fourth-order valence-electron chi connectivity index (χ4n) is 3.55. The second kappa shape index (κ2) is 9.36. The van der Waals surface area contributed by atoms with Gasteiger partial charge in [0, 0.05) is 32.3 Å². The lowest BCUT2D eigenvalue weighted by molar-refractivity contribution is -0.127. The molecule has 0 unspecified atom stereocenters. The molecule has 0 atom stereocenters. The zero-order valence-corrected chi connectivity index (χ0v) is 18.8. The number of para-hydroxylation sites is 1. The average Bonchev–Trinajstić information content (AvgIpc) is 2.80. The molecule has 0 radical (unpaired) electrons. The van der Waals surface area contributed by atoms with Crippen LogP contribution in [0.3, 0.4) is 0 Å². The molecule has 164 valence electrons. The SMILES string of the molecule is CN(C)C(=O)CN1C(=O)N(c2ccccc2Cl)Cc2cnc(CCc3ccccc3)nc21. The topological polar surface area (TPSA) is 69.6 Å². The number of benzene rings is 2. The summed E-state index contributed by atoms with van der Waals surface area (Å²) in [6.07, 6.45) is 3.16. The van der Waals surface area contributed by atoms with E-state index in [0.717, 1.165) is 12.0 Å². The highest BCUT2D eigenvalue weighted by atomic mass is 35.5. The van der Waals surface area contributed by atoms with Gasteiger partial charge in [-0.3, -0.25) is 14.6 Å². The highest BCUT2D eigenvalue weighted by molar-refractivity contribution is 6.34. The predicted molar refractivity (Wildman–Crippen MR) is 125 cm³/mol. The number of carbonyl (C=O) groups excluding carboxylic acids is 2. The first kappa shape index (κ1) is 21.8. The Hall–Kier alpha value is -3.45. The number of urea groups is 1. The first-order valence-corrected chi connectivity index (χ1v) is 10.7. The summed E-state index contributed by atoms with van der Waals surface area (Å²) >= 11 is 6.36. The van der Waals surface area contributed by atoms with Crippen molar-refractivity contribution in [2.45, 2.75) is 19.4 Å². The summed E-state index contributed by atoms with van der Waals surface area (Å²) in [6, 6.07) is 16.9. The van der Waals surface area contributed by atoms with E-state index in [4.69, 9.17) is 11.6 Å². The van der Waals surface area contributed by atoms with Crippen LogP contribution in [-0.4, -0.2) is 47.4 Å². The standard InChI is InChI=1S/C24H24ClN5O2/c1-28(2)22(31)16-30-23-18(15-29(24(30)32)20-11-7-6-10-19(20)25)14-26-21(27-23)13-12-17-8-4-3-5-9-17/h3-11,14H,12-13,15-16H2,1-2H3. The first-order chi connectivity index (χ1) is 15.4. The van der Waals surface area contributed by atoms with Gasteiger partial charge in [0.25, 0.3) is 0 Å². The zero-order valence-electron chi connectivity index (χ0n) is 18.0. The minimum Gasteiger partial charge on any atom is -0.347 e. The molecule has 0 fully saturated rings. The number of likely N-dealkylation sites (N-methyl/N-ethyl adjacent to an activating group) is 1. The van der Waals surface area contributed by atoms with Crippen molar-refractivity contribution in [3.63, 3.8) is 0 Å². The normalized spacial score (nSPS) is 13.2. The number of rotatable bonds is 6. The first-order valence-electron chi connectivity index (χ1n) is 10.4. The van der Waals surface area contributed by atoms with Crippen LogP contribution in [0.15, 0.2) is 60.8 Å². The molecule has 0 saturated carbocycles. The minimum absolute atomic E-state index is 0.116. The Labute approximate surface area is 192 Å².